The van der Waals surface area contributed by atoms with Crippen LogP contribution in [0, 0.1) is 5.92 Å². The number of aromatic nitrogens is 3. The Kier molecular flexibility index (Phi) is 5.77. The van der Waals surface area contributed by atoms with E-state index in [4.69, 9.17) is 10.1 Å². The molecule has 5 rings (SSSR count). The molecule has 2 aliphatic rings. The summed E-state index contributed by atoms with van der Waals surface area (Å²) in [6.45, 7) is 2.67. The number of hydrogen-bond donors (Lipinski definition) is 6. The zero-order valence-electron chi connectivity index (χ0n) is 18.1. The summed E-state index contributed by atoms with van der Waals surface area (Å²) in [5.41, 5.74) is 8.82. The Morgan fingerprint density at radius 3 is 3.06 bits per heavy atom. The lowest BCUT2D eigenvalue weighted by Gasteiger charge is -2.31. The number of fused-ring (bicyclic) bond motifs is 2. The van der Waals surface area contributed by atoms with Crippen LogP contribution in [0.3, 0.4) is 0 Å². The van der Waals surface area contributed by atoms with Gasteiger partial charge in [0.1, 0.15) is 11.5 Å². The predicted octanol–water partition coefficient (Wildman–Crippen LogP) is 1.79. The number of carbonyl (C=O) groups excluding carboxylic acids is 1. The number of nitrogens with one attached hydrogen (secondary N) is 5. The number of hydrogen-bond acceptors (Lipinski definition) is 7. The molecule has 9 heteroatoms. The van der Waals surface area contributed by atoms with Crippen molar-refractivity contribution in [3.8, 4) is 11.4 Å². The zero-order chi connectivity index (χ0) is 22.1. The van der Waals surface area contributed by atoms with E-state index in [2.05, 4.69) is 31.5 Å². The number of hydrazine groups is 1. The van der Waals surface area contributed by atoms with Crippen LogP contribution in [0.2, 0.25) is 0 Å². The van der Waals surface area contributed by atoms with Gasteiger partial charge < -0.3 is 20.7 Å². The minimum atomic E-state index is -0.302. The van der Waals surface area contributed by atoms with Gasteiger partial charge in [-0.1, -0.05) is 12.1 Å². The summed E-state index contributed by atoms with van der Waals surface area (Å²) in [5.74, 6) is 1.89. The first kappa shape index (κ1) is 20.9. The van der Waals surface area contributed by atoms with E-state index < -0.39 is 0 Å². The minimum absolute atomic E-state index is 0.103. The highest BCUT2D eigenvalue weighted by atomic mass is 16.3. The molecule has 0 radical (unpaired) electrons. The predicted molar refractivity (Wildman–Crippen MR) is 123 cm³/mol. The van der Waals surface area contributed by atoms with Crippen molar-refractivity contribution in [1.29, 1.82) is 0 Å². The standard InChI is InChI=1S/C23H29N7O2/c1-13(12-31)26-23(32)20-9-14-2-3-15(10-19(14)28-20)22-24-7-6-21(29-22)27-17-4-5-18-16(8-17)11-25-30-18/h2-3,6-7,9-10,13,16-18,25,28,30-31H,4-5,8,11-12H2,1H3,(H,26,32)(H,24,27,29). The maximum atomic E-state index is 12.3. The molecule has 1 saturated carbocycles. The third-order valence-electron chi connectivity index (χ3n) is 6.42. The Labute approximate surface area is 186 Å². The van der Waals surface area contributed by atoms with Crippen molar-refractivity contribution in [2.24, 2.45) is 5.92 Å². The highest BCUT2D eigenvalue weighted by Gasteiger charge is 2.33. The van der Waals surface area contributed by atoms with Gasteiger partial charge in [0.25, 0.3) is 5.91 Å². The summed E-state index contributed by atoms with van der Waals surface area (Å²) < 4.78 is 0. The number of amides is 1. The molecule has 32 heavy (non-hydrogen) atoms. The molecule has 6 N–H and O–H groups in total. The first-order valence-electron chi connectivity index (χ1n) is 11.2. The molecule has 1 aromatic carbocycles. The van der Waals surface area contributed by atoms with E-state index in [-0.39, 0.29) is 18.6 Å². The number of aliphatic hydroxyl groups excluding tert-OH is 1. The summed E-state index contributed by atoms with van der Waals surface area (Å²) in [5, 5.41) is 16.4. The lowest BCUT2D eigenvalue weighted by atomic mass is 9.83. The largest absolute Gasteiger partial charge is 0.394 e. The van der Waals surface area contributed by atoms with Crippen LogP contribution in [-0.4, -0.2) is 57.2 Å². The summed E-state index contributed by atoms with van der Waals surface area (Å²) in [6.07, 6.45) is 5.17. The number of H-pyrrole nitrogens is 1. The maximum absolute atomic E-state index is 12.3. The first-order valence-corrected chi connectivity index (χ1v) is 11.2. The van der Waals surface area contributed by atoms with Crippen LogP contribution in [0.5, 0.6) is 0 Å². The van der Waals surface area contributed by atoms with E-state index in [0.29, 0.717) is 29.5 Å². The molecule has 1 saturated heterocycles. The fraction of sp³-hybridized carbons (Fsp3) is 0.435. The average molecular weight is 436 g/mol. The zero-order valence-corrected chi connectivity index (χ0v) is 18.1. The van der Waals surface area contributed by atoms with Crippen LogP contribution in [-0.2, 0) is 0 Å². The van der Waals surface area contributed by atoms with Crippen molar-refractivity contribution in [3.05, 3.63) is 42.2 Å². The van der Waals surface area contributed by atoms with E-state index in [1.807, 2.05) is 24.3 Å². The minimum Gasteiger partial charge on any atom is -0.394 e. The van der Waals surface area contributed by atoms with Gasteiger partial charge >= 0.3 is 0 Å². The molecule has 1 aliphatic carbocycles. The molecule has 3 heterocycles. The van der Waals surface area contributed by atoms with Gasteiger partial charge in [-0.25, -0.2) is 9.97 Å². The molecule has 1 aliphatic heterocycles. The van der Waals surface area contributed by atoms with Crippen molar-refractivity contribution in [1.82, 2.24) is 31.1 Å². The van der Waals surface area contributed by atoms with Crippen molar-refractivity contribution in [2.75, 3.05) is 18.5 Å². The number of carbonyl (C=O) groups is 1. The first-order chi connectivity index (χ1) is 15.6. The van der Waals surface area contributed by atoms with Gasteiger partial charge in [-0.15, -0.1) is 0 Å². The van der Waals surface area contributed by atoms with E-state index in [9.17, 15) is 4.79 Å². The van der Waals surface area contributed by atoms with Gasteiger partial charge in [-0.2, -0.15) is 0 Å². The molecular formula is C23H29N7O2. The number of benzene rings is 1. The van der Waals surface area contributed by atoms with Crippen LogP contribution in [0.4, 0.5) is 5.82 Å². The van der Waals surface area contributed by atoms with Crippen LogP contribution >= 0.6 is 0 Å². The third kappa shape index (κ3) is 4.32. The molecule has 168 valence electrons. The molecule has 0 bridgehead atoms. The SMILES string of the molecule is CC(CO)NC(=O)c1cc2ccc(-c3nccc(NC4CCC5NNCC5C4)n3)cc2[nH]1. The van der Waals surface area contributed by atoms with Gasteiger partial charge in [0.15, 0.2) is 5.82 Å². The Morgan fingerprint density at radius 2 is 2.19 bits per heavy atom. The monoisotopic (exact) mass is 435 g/mol. The normalized spacial score (nSPS) is 23.6. The topological polar surface area (TPSA) is 127 Å². The van der Waals surface area contributed by atoms with Crippen LogP contribution in [0.25, 0.3) is 22.3 Å². The van der Waals surface area contributed by atoms with Gasteiger partial charge in [-0.3, -0.25) is 15.6 Å². The molecule has 4 atom stereocenters. The Balaban J connectivity index is 1.32. The van der Waals surface area contributed by atoms with Crippen LogP contribution < -0.4 is 21.5 Å². The summed E-state index contributed by atoms with van der Waals surface area (Å²) in [7, 11) is 0. The van der Waals surface area contributed by atoms with Crippen molar-refractivity contribution < 1.29 is 9.90 Å². The fourth-order valence-corrected chi connectivity index (χ4v) is 4.65. The number of aliphatic hydroxyl groups is 1. The quantitative estimate of drug-likeness (QED) is 0.348. The molecule has 2 fully saturated rings. The molecule has 9 nitrogen and oxygen atoms in total. The van der Waals surface area contributed by atoms with E-state index in [1.165, 1.54) is 0 Å². The van der Waals surface area contributed by atoms with Crippen molar-refractivity contribution in [3.63, 3.8) is 0 Å². The van der Waals surface area contributed by atoms with Crippen LogP contribution in [0.1, 0.15) is 36.7 Å². The molecule has 2 aromatic heterocycles. The second-order valence-electron chi connectivity index (χ2n) is 8.85. The third-order valence-corrected chi connectivity index (χ3v) is 6.42. The van der Waals surface area contributed by atoms with E-state index in [0.717, 1.165) is 48.1 Å². The Bertz CT molecular complexity index is 1110. The second-order valence-corrected chi connectivity index (χ2v) is 8.85. The average Bonchev–Trinajstić information content (AvgIpc) is 3.45. The van der Waals surface area contributed by atoms with Crippen LogP contribution in [0.15, 0.2) is 36.5 Å². The van der Waals surface area contributed by atoms with Gasteiger partial charge in [-0.05, 0) is 50.3 Å². The van der Waals surface area contributed by atoms with Gasteiger partial charge in [0, 0.05) is 47.3 Å². The smallest absolute Gasteiger partial charge is 0.268 e. The summed E-state index contributed by atoms with van der Waals surface area (Å²) in [6, 6.07) is 10.3. The second kappa shape index (κ2) is 8.85. The van der Waals surface area contributed by atoms with Gasteiger partial charge in [0.2, 0.25) is 0 Å². The number of anilines is 1. The van der Waals surface area contributed by atoms with Crippen molar-refractivity contribution in [2.45, 2.75) is 44.3 Å². The van der Waals surface area contributed by atoms with E-state index >= 15 is 0 Å². The Morgan fingerprint density at radius 1 is 1.28 bits per heavy atom. The van der Waals surface area contributed by atoms with E-state index in [1.54, 1.807) is 19.2 Å². The maximum Gasteiger partial charge on any atom is 0.268 e. The number of aromatic amines is 1. The molecule has 3 aromatic rings. The summed E-state index contributed by atoms with van der Waals surface area (Å²) in [4.78, 5) is 24.7. The highest BCUT2D eigenvalue weighted by molar-refractivity contribution is 5.98. The molecule has 1 amide bonds. The molecular weight excluding hydrogens is 406 g/mol. The van der Waals surface area contributed by atoms with Crippen molar-refractivity contribution >= 4 is 22.6 Å². The summed E-state index contributed by atoms with van der Waals surface area (Å²) >= 11 is 0. The number of rotatable bonds is 6. The Hall–Kier alpha value is -3.01. The molecule has 0 spiro atoms. The highest BCUT2D eigenvalue weighted by Crippen LogP contribution is 2.29. The fourth-order valence-electron chi connectivity index (χ4n) is 4.65. The lowest BCUT2D eigenvalue weighted by molar-refractivity contribution is 0.0918. The number of nitrogens with zero attached hydrogens (tertiary/aromatic N) is 2. The van der Waals surface area contributed by atoms with Gasteiger partial charge in [0.05, 0.1) is 6.61 Å². The molecule has 4 unspecified atom stereocenters. The lowest BCUT2D eigenvalue weighted by Crippen LogP contribution is -2.39.